The van der Waals surface area contributed by atoms with Crippen LogP contribution in [0, 0.1) is 12.7 Å². The Morgan fingerprint density at radius 1 is 1.31 bits per heavy atom. The van der Waals surface area contributed by atoms with Crippen LogP contribution in [0.4, 0.5) is 10.1 Å². The number of halogens is 1. The fourth-order valence-electron chi connectivity index (χ4n) is 3.00. The number of carbonyl (C=O) groups is 1. The van der Waals surface area contributed by atoms with Gasteiger partial charge in [0, 0.05) is 42.8 Å². The second kappa shape index (κ2) is 9.16. The molecule has 1 aromatic carbocycles. The van der Waals surface area contributed by atoms with Crippen molar-refractivity contribution < 1.29 is 22.3 Å². The van der Waals surface area contributed by atoms with Crippen molar-refractivity contribution in [3.05, 3.63) is 44.8 Å². The van der Waals surface area contributed by atoms with E-state index in [1.54, 1.807) is 9.95 Å². The van der Waals surface area contributed by atoms with Crippen LogP contribution in [0.2, 0.25) is 0 Å². The van der Waals surface area contributed by atoms with Crippen molar-refractivity contribution in [2.24, 2.45) is 0 Å². The largest absolute Gasteiger partial charge is 0.379 e. The number of rotatable bonds is 7. The van der Waals surface area contributed by atoms with Crippen LogP contribution in [-0.4, -0.2) is 49.5 Å². The Kier molecular flexibility index (Phi) is 6.83. The van der Waals surface area contributed by atoms with E-state index in [9.17, 15) is 22.4 Å². The topological polar surface area (TPSA) is 97.7 Å². The van der Waals surface area contributed by atoms with Crippen LogP contribution >= 0.6 is 11.3 Å². The van der Waals surface area contributed by atoms with Gasteiger partial charge in [-0.1, -0.05) is 11.3 Å². The van der Waals surface area contributed by atoms with Crippen LogP contribution in [-0.2, 0) is 26.1 Å². The van der Waals surface area contributed by atoms with Crippen LogP contribution in [0.5, 0.6) is 0 Å². The standard InChI is InChI=1S/C18H22FN3O5S2/c1-13-12-28-18(24)22(13)6-2-3-17(23)20-14-4-5-15(19)16(11-14)29(25,26)21-7-9-27-10-8-21/h4-5,11-12H,2-3,6-10H2,1H3,(H,20,23). The molecule has 1 N–H and O–H groups in total. The van der Waals surface area contributed by atoms with E-state index in [2.05, 4.69) is 5.32 Å². The summed E-state index contributed by atoms with van der Waals surface area (Å²) in [6.45, 7) is 3.06. The van der Waals surface area contributed by atoms with E-state index in [0.29, 0.717) is 13.0 Å². The number of morpholine rings is 1. The molecule has 1 amide bonds. The molecule has 1 saturated heterocycles. The third-order valence-electron chi connectivity index (χ3n) is 4.56. The number of aromatic nitrogens is 1. The first-order valence-electron chi connectivity index (χ1n) is 9.11. The third kappa shape index (κ3) is 5.10. The molecule has 0 radical (unpaired) electrons. The van der Waals surface area contributed by atoms with Gasteiger partial charge in [0.1, 0.15) is 10.7 Å². The van der Waals surface area contributed by atoms with Crippen LogP contribution < -0.4 is 10.2 Å². The van der Waals surface area contributed by atoms with Crippen molar-refractivity contribution in [2.45, 2.75) is 31.2 Å². The molecule has 1 aromatic heterocycles. The molecule has 1 aliphatic heterocycles. The monoisotopic (exact) mass is 443 g/mol. The predicted octanol–water partition coefficient (Wildman–Crippen LogP) is 1.80. The van der Waals surface area contributed by atoms with Gasteiger partial charge in [0.15, 0.2) is 0 Å². The van der Waals surface area contributed by atoms with Gasteiger partial charge in [0.25, 0.3) is 0 Å². The zero-order valence-electron chi connectivity index (χ0n) is 15.9. The molecular weight excluding hydrogens is 421 g/mol. The Morgan fingerprint density at radius 3 is 2.69 bits per heavy atom. The average Bonchev–Trinajstić information content (AvgIpc) is 3.02. The second-order valence-electron chi connectivity index (χ2n) is 6.61. The summed E-state index contributed by atoms with van der Waals surface area (Å²) >= 11 is 1.11. The van der Waals surface area contributed by atoms with Gasteiger partial charge in [-0.15, -0.1) is 0 Å². The maximum atomic E-state index is 14.2. The average molecular weight is 444 g/mol. The molecule has 2 heterocycles. The van der Waals surface area contributed by atoms with Crippen LogP contribution in [0.15, 0.2) is 33.3 Å². The van der Waals surface area contributed by atoms with Crippen LogP contribution in [0.25, 0.3) is 0 Å². The summed E-state index contributed by atoms with van der Waals surface area (Å²) < 4.78 is 47.5. The van der Waals surface area contributed by atoms with Gasteiger partial charge < -0.3 is 14.6 Å². The molecule has 158 valence electrons. The van der Waals surface area contributed by atoms with E-state index in [4.69, 9.17) is 4.74 Å². The summed E-state index contributed by atoms with van der Waals surface area (Å²) in [7, 11) is -4.02. The first-order valence-corrected chi connectivity index (χ1v) is 11.4. The summed E-state index contributed by atoms with van der Waals surface area (Å²) in [5, 5.41) is 4.36. The fraction of sp³-hybridized carbons (Fsp3) is 0.444. The predicted molar refractivity (Wildman–Crippen MR) is 107 cm³/mol. The highest BCUT2D eigenvalue weighted by Gasteiger charge is 2.29. The van der Waals surface area contributed by atoms with Crippen molar-refractivity contribution in [1.82, 2.24) is 8.87 Å². The Hall–Kier alpha value is -2.08. The molecule has 1 fully saturated rings. The summed E-state index contributed by atoms with van der Waals surface area (Å²) in [6.07, 6.45) is 0.591. The van der Waals surface area contributed by atoms with E-state index < -0.39 is 20.7 Å². The number of ether oxygens (including phenoxy) is 1. The number of sulfonamides is 1. The summed E-state index contributed by atoms with van der Waals surface area (Å²) in [5.74, 6) is -1.21. The summed E-state index contributed by atoms with van der Waals surface area (Å²) in [5.41, 5.74) is 1.05. The van der Waals surface area contributed by atoms with Gasteiger partial charge in [0.2, 0.25) is 15.9 Å². The number of benzene rings is 1. The molecule has 0 saturated carbocycles. The molecule has 11 heteroatoms. The quantitative estimate of drug-likeness (QED) is 0.704. The van der Waals surface area contributed by atoms with Gasteiger partial charge >= 0.3 is 4.87 Å². The Labute approximate surface area is 172 Å². The van der Waals surface area contributed by atoms with E-state index in [1.165, 1.54) is 10.4 Å². The van der Waals surface area contributed by atoms with Crippen molar-refractivity contribution in [1.29, 1.82) is 0 Å². The lowest BCUT2D eigenvalue weighted by atomic mass is 10.2. The molecule has 2 aromatic rings. The molecule has 3 rings (SSSR count). The zero-order chi connectivity index (χ0) is 21.0. The summed E-state index contributed by atoms with van der Waals surface area (Å²) in [4.78, 5) is 23.3. The van der Waals surface area contributed by atoms with Crippen molar-refractivity contribution in [2.75, 3.05) is 31.6 Å². The molecule has 0 aliphatic carbocycles. The zero-order valence-corrected chi connectivity index (χ0v) is 17.5. The second-order valence-corrected chi connectivity index (χ2v) is 9.34. The number of amides is 1. The number of aryl methyl sites for hydroxylation is 1. The fourth-order valence-corrected chi connectivity index (χ4v) is 5.26. The smallest absolute Gasteiger partial charge is 0.307 e. The number of nitrogens with one attached hydrogen (secondary N) is 1. The highest BCUT2D eigenvalue weighted by molar-refractivity contribution is 7.89. The Balaban J connectivity index is 1.64. The minimum absolute atomic E-state index is 0.0700. The lowest BCUT2D eigenvalue weighted by Crippen LogP contribution is -2.40. The highest BCUT2D eigenvalue weighted by atomic mass is 32.2. The van der Waals surface area contributed by atoms with Crippen molar-refractivity contribution in [3.8, 4) is 0 Å². The number of thiazole rings is 1. The van der Waals surface area contributed by atoms with E-state index in [0.717, 1.165) is 29.2 Å². The van der Waals surface area contributed by atoms with E-state index in [1.807, 2.05) is 6.92 Å². The Bertz CT molecular complexity index is 1040. The van der Waals surface area contributed by atoms with Crippen molar-refractivity contribution in [3.63, 3.8) is 0 Å². The SMILES string of the molecule is Cc1csc(=O)n1CCCC(=O)Nc1ccc(F)c(S(=O)(=O)N2CCOCC2)c1. The molecule has 0 spiro atoms. The maximum absolute atomic E-state index is 14.2. The van der Waals surface area contributed by atoms with Crippen molar-refractivity contribution >= 4 is 33.0 Å². The number of nitrogens with zero attached hydrogens (tertiary/aromatic N) is 2. The Morgan fingerprint density at radius 2 is 2.03 bits per heavy atom. The third-order valence-corrected chi connectivity index (χ3v) is 7.36. The molecule has 1 aliphatic rings. The lowest BCUT2D eigenvalue weighted by Gasteiger charge is -2.26. The van der Waals surface area contributed by atoms with Gasteiger partial charge in [-0.05, 0) is 31.5 Å². The first-order chi connectivity index (χ1) is 13.8. The molecule has 0 unspecified atom stereocenters. The number of carbonyl (C=O) groups excluding carboxylic acids is 1. The van der Waals surface area contributed by atoms with E-state index in [-0.39, 0.29) is 49.2 Å². The molecule has 29 heavy (non-hydrogen) atoms. The van der Waals surface area contributed by atoms with Crippen LogP contribution in [0.1, 0.15) is 18.5 Å². The lowest BCUT2D eigenvalue weighted by molar-refractivity contribution is -0.116. The first kappa shape index (κ1) is 21.6. The van der Waals surface area contributed by atoms with Gasteiger partial charge in [-0.2, -0.15) is 4.31 Å². The minimum Gasteiger partial charge on any atom is -0.379 e. The molecular formula is C18H22FN3O5S2. The highest BCUT2D eigenvalue weighted by Crippen LogP contribution is 2.24. The maximum Gasteiger partial charge on any atom is 0.307 e. The normalized spacial score (nSPS) is 15.4. The number of anilines is 1. The van der Waals surface area contributed by atoms with Gasteiger partial charge in [-0.3, -0.25) is 9.59 Å². The molecule has 0 bridgehead atoms. The number of hydrogen-bond donors (Lipinski definition) is 1. The van der Waals surface area contributed by atoms with Crippen LogP contribution in [0.3, 0.4) is 0 Å². The van der Waals surface area contributed by atoms with Gasteiger partial charge in [0.05, 0.1) is 13.2 Å². The number of hydrogen-bond acceptors (Lipinski definition) is 6. The van der Waals surface area contributed by atoms with E-state index >= 15 is 0 Å². The van der Waals surface area contributed by atoms with Gasteiger partial charge in [-0.25, -0.2) is 12.8 Å². The minimum atomic E-state index is -4.02. The molecule has 0 atom stereocenters. The summed E-state index contributed by atoms with van der Waals surface area (Å²) in [6, 6.07) is 3.47. The molecule has 8 nitrogen and oxygen atoms in total.